The molecule has 3 heterocycles. The summed E-state index contributed by atoms with van der Waals surface area (Å²) in [5.74, 6) is -1.87. The summed E-state index contributed by atoms with van der Waals surface area (Å²) in [7, 11) is 2.87. The van der Waals surface area contributed by atoms with E-state index in [1.165, 1.54) is 48.2 Å². The second-order valence-electron chi connectivity index (χ2n) is 8.98. The summed E-state index contributed by atoms with van der Waals surface area (Å²) in [5.41, 5.74) is -2.10. The van der Waals surface area contributed by atoms with Crippen LogP contribution in [-0.2, 0) is 22.2 Å². The third-order valence-corrected chi connectivity index (χ3v) is 6.84. The summed E-state index contributed by atoms with van der Waals surface area (Å²) in [5, 5.41) is 3.39. The van der Waals surface area contributed by atoms with Gasteiger partial charge >= 0.3 is 0 Å². The summed E-state index contributed by atoms with van der Waals surface area (Å²) in [6, 6.07) is 3.93. The fourth-order valence-corrected chi connectivity index (χ4v) is 4.87. The number of methoxy groups -OCH3 is 1. The first-order chi connectivity index (χ1) is 18.2. The van der Waals surface area contributed by atoms with Crippen molar-refractivity contribution in [1.29, 1.82) is 0 Å². The van der Waals surface area contributed by atoms with E-state index >= 15 is 0 Å². The zero-order valence-corrected chi connectivity index (χ0v) is 20.2. The van der Waals surface area contributed by atoms with Crippen molar-refractivity contribution in [1.82, 2.24) is 19.4 Å². The molecule has 3 aromatic rings. The SMILES string of the molecule is [2H]C([2H])([2H])C(=O)N1CC(OC)(c2cc3c(N[C@H](C)c4cccc(C(F)F)c4F)ncnc3n(C)c2=O)C[C@H]1C. The molecule has 0 radical (unpaired) electrons. The average molecular weight is 507 g/mol. The number of alkyl halides is 2. The van der Waals surface area contributed by atoms with E-state index in [4.69, 9.17) is 8.85 Å². The molecular weight excluding hydrogens is 475 g/mol. The number of nitrogens with one attached hydrogen (secondary N) is 1. The molecule has 0 bridgehead atoms. The molecule has 0 saturated carbocycles. The quantitative estimate of drug-likeness (QED) is 0.543. The normalized spacial score (nSPS) is 22.4. The number of aromatic nitrogens is 3. The Morgan fingerprint density at radius 2 is 2.06 bits per heavy atom. The third kappa shape index (κ3) is 4.21. The van der Waals surface area contributed by atoms with Crippen LogP contribution in [0.2, 0.25) is 0 Å². The minimum atomic E-state index is -2.98. The fourth-order valence-electron chi connectivity index (χ4n) is 4.87. The summed E-state index contributed by atoms with van der Waals surface area (Å²) in [4.78, 5) is 35.7. The van der Waals surface area contributed by atoms with Gasteiger partial charge in [0.2, 0.25) is 5.91 Å². The van der Waals surface area contributed by atoms with E-state index in [1.807, 2.05) is 0 Å². The number of fused-ring (bicyclic) bond motifs is 1. The number of ether oxygens (including phenoxy) is 1. The first kappa shape index (κ1) is 21.8. The van der Waals surface area contributed by atoms with E-state index in [0.717, 1.165) is 6.07 Å². The Labute approximate surface area is 210 Å². The van der Waals surface area contributed by atoms with Gasteiger partial charge in [-0.1, -0.05) is 18.2 Å². The van der Waals surface area contributed by atoms with Gasteiger partial charge in [0, 0.05) is 43.1 Å². The van der Waals surface area contributed by atoms with Crippen LogP contribution in [-0.4, -0.2) is 45.0 Å². The van der Waals surface area contributed by atoms with E-state index in [2.05, 4.69) is 15.3 Å². The van der Waals surface area contributed by atoms with Gasteiger partial charge in [0.1, 0.15) is 29.2 Å². The second kappa shape index (κ2) is 9.53. The molecule has 1 amide bonds. The number of benzene rings is 1. The maximum atomic E-state index is 14.8. The Bertz CT molecular complexity index is 1480. The van der Waals surface area contributed by atoms with Gasteiger partial charge in [-0.2, -0.15) is 0 Å². The molecule has 8 nitrogen and oxygen atoms in total. The number of carbonyl (C=O) groups is 1. The maximum Gasteiger partial charge on any atom is 0.266 e. The molecule has 0 aliphatic carbocycles. The lowest BCUT2D eigenvalue weighted by atomic mass is 9.91. The lowest BCUT2D eigenvalue weighted by Crippen LogP contribution is -2.40. The molecule has 36 heavy (non-hydrogen) atoms. The monoisotopic (exact) mass is 506 g/mol. The van der Waals surface area contributed by atoms with Crippen molar-refractivity contribution in [2.24, 2.45) is 7.05 Å². The zero-order valence-electron chi connectivity index (χ0n) is 23.2. The summed E-state index contributed by atoms with van der Waals surface area (Å²) < 4.78 is 70.9. The Morgan fingerprint density at radius 1 is 1.33 bits per heavy atom. The predicted molar refractivity (Wildman–Crippen MR) is 128 cm³/mol. The van der Waals surface area contributed by atoms with Crippen LogP contribution in [0.25, 0.3) is 11.0 Å². The van der Waals surface area contributed by atoms with Gasteiger partial charge in [0.25, 0.3) is 12.0 Å². The molecule has 1 N–H and O–H groups in total. The van der Waals surface area contributed by atoms with Crippen molar-refractivity contribution >= 4 is 22.8 Å². The van der Waals surface area contributed by atoms with Crippen LogP contribution in [0.15, 0.2) is 35.4 Å². The molecule has 1 aliphatic heterocycles. The number of hydrogen-bond donors (Lipinski definition) is 1. The van der Waals surface area contributed by atoms with Gasteiger partial charge < -0.3 is 15.0 Å². The van der Waals surface area contributed by atoms with Crippen molar-refractivity contribution in [3.8, 4) is 0 Å². The highest BCUT2D eigenvalue weighted by molar-refractivity contribution is 5.87. The Morgan fingerprint density at radius 3 is 2.72 bits per heavy atom. The molecule has 4 rings (SSSR count). The molecule has 2 aromatic heterocycles. The van der Waals surface area contributed by atoms with Crippen LogP contribution in [0.1, 0.15) is 60.4 Å². The van der Waals surface area contributed by atoms with Crippen LogP contribution in [0.4, 0.5) is 19.0 Å². The molecule has 11 heteroatoms. The van der Waals surface area contributed by atoms with Crippen molar-refractivity contribution in [2.75, 3.05) is 19.0 Å². The highest BCUT2D eigenvalue weighted by Crippen LogP contribution is 2.39. The minimum Gasteiger partial charge on any atom is -0.371 e. The van der Waals surface area contributed by atoms with E-state index in [0.29, 0.717) is 5.39 Å². The van der Waals surface area contributed by atoms with Crippen LogP contribution < -0.4 is 10.9 Å². The molecule has 1 aromatic carbocycles. The Hall–Kier alpha value is -3.47. The Balaban J connectivity index is 1.80. The number of aryl methyl sites for hydroxylation is 1. The number of carbonyl (C=O) groups excluding carboxylic acids is 1. The first-order valence-electron chi connectivity index (χ1n) is 12.8. The highest BCUT2D eigenvalue weighted by Gasteiger charge is 2.47. The molecule has 1 unspecified atom stereocenters. The number of nitrogens with zero attached hydrogens (tertiary/aromatic N) is 4. The van der Waals surface area contributed by atoms with Gasteiger partial charge in [-0.3, -0.25) is 14.2 Å². The van der Waals surface area contributed by atoms with E-state index in [1.54, 1.807) is 13.8 Å². The van der Waals surface area contributed by atoms with E-state index in [-0.39, 0.29) is 35.6 Å². The maximum absolute atomic E-state index is 14.8. The minimum absolute atomic E-state index is 0.00130. The largest absolute Gasteiger partial charge is 0.371 e. The second-order valence-corrected chi connectivity index (χ2v) is 8.98. The lowest BCUT2D eigenvalue weighted by Gasteiger charge is -2.28. The third-order valence-electron chi connectivity index (χ3n) is 6.84. The number of hydrogen-bond acceptors (Lipinski definition) is 6. The number of amides is 1. The predicted octanol–water partition coefficient (Wildman–Crippen LogP) is 4.06. The summed E-state index contributed by atoms with van der Waals surface area (Å²) in [6.45, 7) is 0.235. The molecule has 1 saturated heterocycles. The van der Waals surface area contributed by atoms with Crippen molar-refractivity contribution in [2.45, 2.75) is 51.2 Å². The van der Waals surface area contributed by atoms with Gasteiger partial charge in [0.15, 0.2) is 0 Å². The molecule has 0 spiro atoms. The summed E-state index contributed by atoms with van der Waals surface area (Å²) in [6.07, 6.45) is -1.61. The lowest BCUT2D eigenvalue weighted by molar-refractivity contribution is -0.130. The first-order valence-corrected chi connectivity index (χ1v) is 11.3. The topological polar surface area (TPSA) is 89.3 Å². The van der Waals surface area contributed by atoms with Crippen molar-refractivity contribution in [3.05, 3.63) is 63.5 Å². The highest BCUT2D eigenvalue weighted by atomic mass is 19.3. The smallest absolute Gasteiger partial charge is 0.266 e. The number of rotatable bonds is 6. The average Bonchev–Trinajstić information content (AvgIpc) is 3.22. The zero-order chi connectivity index (χ0) is 28.9. The molecule has 3 atom stereocenters. The molecule has 1 aliphatic rings. The van der Waals surface area contributed by atoms with Gasteiger partial charge in [-0.25, -0.2) is 23.1 Å². The van der Waals surface area contributed by atoms with Gasteiger partial charge in [-0.05, 0) is 19.9 Å². The number of anilines is 1. The van der Waals surface area contributed by atoms with Gasteiger partial charge in [-0.15, -0.1) is 0 Å². The van der Waals surface area contributed by atoms with Crippen molar-refractivity contribution in [3.63, 3.8) is 0 Å². The van der Waals surface area contributed by atoms with E-state index in [9.17, 15) is 22.8 Å². The number of halogens is 3. The van der Waals surface area contributed by atoms with E-state index < -0.39 is 53.8 Å². The van der Waals surface area contributed by atoms with Crippen LogP contribution in [0, 0.1) is 5.82 Å². The Kier molecular flexibility index (Phi) is 5.77. The van der Waals surface area contributed by atoms with Crippen LogP contribution >= 0.6 is 0 Å². The number of pyridine rings is 1. The number of likely N-dealkylation sites (tertiary alicyclic amines) is 1. The molecular formula is C25H28F3N5O3. The summed E-state index contributed by atoms with van der Waals surface area (Å²) >= 11 is 0. The fraction of sp³-hybridized carbons (Fsp3) is 0.440. The van der Waals surface area contributed by atoms with Crippen molar-refractivity contribution < 1.29 is 26.8 Å². The van der Waals surface area contributed by atoms with Crippen LogP contribution in [0.5, 0.6) is 0 Å². The molecule has 192 valence electrons. The standard InChI is InChI=1S/C25H28F3N5O3/c1-13-10-25(36-5,11-33(13)15(3)34)19-9-18-22(29-12-30-23(18)32(4)24(19)35)31-14(2)16-7-6-8-17(20(16)26)21(27)28/h6-9,12-14,21H,10-11H2,1-5H3,(H,29,30,31)/t13-,14-,25?/m1/s1/i3D3. The van der Waals surface area contributed by atoms with Crippen LogP contribution in [0.3, 0.4) is 0 Å². The molecule has 1 fully saturated rings. The van der Waals surface area contributed by atoms with Gasteiger partial charge in [0.05, 0.1) is 29.1 Å².